The molecule has 1 aliphatic rings. The fourth-order valence-electron chi connectivity index (χ4n) is 3.46. The van der Waals surface area contributed by atoms with Crippen molar-refractivity contribution in [1.82, 2.24) is 5.32 Å². The van der Waals surface area contributed by atoms with E-state index in [4.69, 9.17) is 16.3 Å². The van der Waals surface area contributed by atoms with Crippen molar-refractivity contribution in [3.63, 3.8) is 0 Å². The number of hydrogen-bond donors (Lipinski definition) is 1. The molecular formula is C26H17BrClN3O4. The zero-order chi connectivity index (χ0) is 25.1. The number of nitriles is 1. The molecule has 0 spiro atoms. The smallest absolute Gasteiger partial charge is 0.335 e. The van der Waals surface area contributed by atoms with Crippen LogP contribution < -0.4 is 15.0 Å². The molecule has 7 nitrogen and oxygen atoms in total. The summed E-state index contributed by atoms with van der Waals surface area (Å²) in [5, 5.41) is 11.7. The molecule has 4 rings (SSSR count). The first kappa shape index (κ1) is 24.2. The molecule has 1 N–H and O–H groups in total. The summed E-state index contributed by atoms with van der Waals surface area (Å²) in [6, 6.07) is 18.3. The molecule has 0 saturated carbocycles. The number of halogens is 2. The highest BCUT2D eigenvalue weighted by atomic mass is 79.9. The van der Waals surface area contributed by atoms with Crippen molar-refractivity contribution in [1.29, 1.82) is 5.26 Å². The first-order valence-corrected chi connectivity index (χ1v) is 11.5. The maximum absolute atomic E-state index is 13.1. The second kappa shape index (κ2) is 10.1. The molecule has 1 saturated heterocycles. The van der Waals surface area contributed by atoms with Gasteiger partial charge in [-0.2, -0.15) is 5.26 Å². The van der Waals surface area contributed by atoms with Gasteiger partial charge in [0.25, 0.3) is 11.8 Å². The lowest BCUT2D eigenvalue weighted by molar-refractivity contribution is -0.122. The van der Waals surface area contributed by atoms with E-state index in [1.165, 1.54) is 12.1 Å². The molecular weight excluding hydrogens is 534 g/mol. The molecule has 35 heavy (non-hydrogen) atoms. The summed E-state index contributed by atoms with van der Waals surface area (Å²) >= 11 is 9.84. The van der Waals surface area contributed by atoms with E-state index >= 15 is 0 Å². The highest BCUT2D eigenvalue weighted by Gasteiger charge is 2.36. The minimum atomic E-state index is -0.818. The van der Waals surface area contributed by atoms with Gasteiger partial charge in [0.2, 0.25) is 0 Å². The third-order valence-electron chi connectivity index (χ3n) is 5.24. The van der Waals surface area contributed by atoms with Gasteiger partial charge in [-0.05, 0) is 64.8 Å². The van der Waals surface area contributed by atoms with E-state index in [0.717, 1.165) is 10.5 Å². The van der Waals surface area contributed by atoms with Crippen LogP contribution in [0.15, 0.2) is 70.7 Å². The van der Waals surface area contributed by atoms with Gasteiger partial charge >= 0.3 is 6.03 Å². The van der Waals surface area contributed by atoms with Gasteiger partial charge in [-0.3, -0.25) is 14.9 Å². The molecule has 174 valence electrons. The minimum Gasteiger partial charge on any atom is -0.486 e. The zero-order valence-corrected chi connectivity index (χ0v) is 20.7. The monoisotopic (exact) mass is 549 g/mol. The number of rotatable bonds is 5. The van der Waals surface area contributed by atoms with E-state index in [-0.39, 0.29) is 17.2 Å². The number of imide groups is 2. The number of carbonyl (C=O) groups excluding carboxylic acids is 3. The summed E-state index contributed by atoms with van der Waals surface area (Å²) in [5.41, 5.74) is 2.73. The maximum Gasteiger partial charge on any atom is 0.335 e. The van der Waals surface area contributed by atoms with Crippen molar-refractivity contribution in [3.8, 4) is 11.8 Å². The summed E-state index contributed by atoms with van der Waals surface area (Å²) in [7, 11) is 0. The van der Waals surface area contributed by atoms with Gasteiger partial charge in [0.05, 0.1) is 26.8 Å². The van der Waals surface area contributed by atoms with E-state index in [9.17, 15) is 19.6 Å². The SMILES string of the molecule is Cc1ccc(N2C(=O)NC(=O)/C(=C\c3cc(Cl)c(OCc4ccccc4C#N)c(Br)c3)C2=O)cc1. The zero-order valence-electron chi connectivity index (χ0n) is 18.3. The Balaban J connectivity index is 1.61. The molecule has 9 heteroatoms. The normalized spacial score (nSPS) is 14.6. The predicted octanol–water partition coefficient (Wildman–Crippen LogP) is 5.53. The molecule has 1 aliphatic heterocycles. The first-order valence-electron chi connectivity index (χ1n) is 10.4. The highest BCUT2D eigenvalue weighted by molar-refractivity contribution is 9.10. The molecule has 4 amide bonds. The summed E-state index contributed by atoms with van der Waals surface area (Å²) in [5.74, 6) is -1.20. The molecule has 1 fully saturated rings. The summed E-state index contributed by atoms with van der Waals surface area (Å²) in [4.78, 5) is 38.8. The van der Waals surface area contributed by atoms with Crippen LogP contribution in [0, 0.1) is 18.3 Å². The number of aryl methyl sites for hydroxylation is 1. The van der Waals surface area contributed by atoms with E-state index in [0.29, 0.717) is 32.6 Å². The van der Waals surface area contributed by atoms with Gasteiger partial charge < -0.3 is 4.74 Å². The van der Waals surface area contributed by atoms with Crippen LogP contribution in [0.1, 0.15) is 22.3 Å². The lowest BCUT2D eigenvalue weighted by atomic mass is 10.1. The average Bonchev–Trinajstić information content (AvgIpc) is 2.82. The van der Waals surface area contributed by atoms with Crippen LogP contribution >= 0.6 is 27.5 Å². The van der Waals surface area contributed by atoms with Gasteiger partial charge in [-0.1, -0.05) is 47.5 Å². The van der Waals surface area contributed by atoms with Crippen molar-refractivity contribution < 1.29 is 19.1 Å². The number of anilines is 1. The second-order valence-corrected chi connectivity index (χ2v) is 8.93. The van der Waals surface area contributed by atoms with Gasteiger partial charge in [-0.25, -0.2) is 9.69 Å². The van der Waals surface area contributed by atoms with Crippen LogP contribution in [0.3, 0.4) is 0 Å². The van der Waals surface area contributed by atoms with Crippen LogP contribution in [-0.4, -0.2) is 17.8 Å². The van der Waals surface area contributed by atoms with E-state index in [1.807, 2.05) is 13.0 Å². The number of barbiturate groups is 1. The summed E-state index contributed by atoms with van der Waals surface area (Å²) < 4.78 is 6.32. The Hall–Kier alpha value is -3.93. The quantitative estimate of drug-likeness (QED) is 0.333. The fraction of sp³-hybridized carbons (Fsp3) is 0.0769. The molecule has 3 aromatic rings. The number of amides is 4. The third kappa shape index (κ3) is 5.11. The van der Waals surface area contributed by atoms with Crippen molar-refractivity contribution in [2.24, 2.45) is 0 Å². The van der Waals surface area contributed by atoms with Crippen molar-refractivity contribution in [2.75, 3.05) is 4.90 Å². The molecule has 3 aromatic carbocycles. The van der Waals surface area contributed by atoms with Gasteiger partial charge in [0.15, 0.2) is 5.75 Å². The van der Waals surface area contributed by atoms with Crippen LogP contribution in [0.4, 0.5) is 10.5 Å². The number of nitrogens with zero attached hydrogens (tertiary/aromatic N) is 2. The third-order valence-corrected chi connectivity index (χ3v) is 6.11. The highest BCUT2D eigenvalue weighted by Crippen LogP contribution is 2.36. The Kier molecular flexibility index (Phi) is 7.01. The lowest BCUT2D eigenvalue weighted by Crippen LogP contribution is -2.54. The second-order valence-electron chi connectivity index (χ2n) is 7.66. The topological polar surface area (TPSA) is 99.5 Å². The van der Waals surface area contributed by atoms with Crippen molar-refractivity contribution in [3.05, 3.63) is 98.0 Å². The first-order chi connectivity index (χ1) is 16.8. The maximum atomic E-state index is 13.1. The van der Waals surface area contributed by atoms with Gasteiger partial charge in [-0.15, -0.1) is 0 Å². The number of nitrogens with one attached hydrogen (secondary N) is 1. The number of urea groups is 1. The number of hydrogen-bond acceptors (Lipinski definition) is 5. The lowest BCUT2D eigenvalue weighted by Gasteiger charge is -2.26. The van der Waals surface area contributed by atoms with Crippen LogP contribution in [0.5, 0.6) is 5.75 Å². The summed E-state index contributed by atoms with van der Waals surface area (Å²) in [6.07, 6.45) is 1.36. The predicted molar refractivity (Wildman–Crippen MR) is 135 cm³/mol. The number of benzene rings is 3. The van der Waals surface area contributed by atoms with Crippen LogP contribution in [0.2, 0.25) is 5.02 Å². The Morgan fingerprint density at radius 3 is 2.51 bits per heavy atom. The van der Waals surface area contributed by atoms with Gasteiger partial charge in [0.1, 0.15) is 12.2 Å². The van der Waals surface area contributed by atoms with E-state index in [2.05, 4.69) is 27.3 Å². The van der Waals surface area contributed by atoms with Crippen molar-refractivity contribution in [2.45, 2.75) is 13.5 Å². The Morgan fingerprint density at radius 1 is 1.11 bits per heavy atom. The van der Waals surface area contributed by atoms with E-state index < -0.39 is 17.8 Å². The molecule has 1 heterocycles. The average molecular weight is 551 g/mol. The van der Waals surface area contributed by atoms with Crippen LogP contribution in [0.25, 0.3) is 6.08 Å². The number of carbonyl (C=O) groups is 3. The van der Waals surface area contributed by atoms with Crippen molar-refractivity contribution >= 4 is 57.1 Å². The Labute approximate surface area is 214 Å². The molecule has 0 aromatic heterocycles. The fourth-order valence-corrected chi connectivity index (χ4v) is 4.45. The largest absolute Gasteiger partial charge is 0.486 e. The molecule has 0 atom stereocenters. The van der Waals surface area contributed by atoms with Crippen LogP contribution in [-0.2, 0) is 16.2 Å². The Morgan fingerprint density at radius 2 is 1.83 bits per heavy atom. The summed E-state index contributed by atoms with van der Waals surface area (Å²) in [6.45, 7) is 2.00. The Bertz CT molecular complexity index is 1400. The molecule has 0 bridgehead atoms. The molecule has 0 unspecified atom stereocenters. The molecule has 0 radical (unpaired) electrons. The number of ether oxygens (including phenoxy) is 1. The minimum absolute atomic E-state index is 0.122. The molecule has 0 aliphatic carbocycles. The standard InChI is InChI=1S/C26H17BrClN3O4/c1-15-6-8-19(9-7-15)31-25(33)20(24(32)30-26(31)34)10-16-11-21(27)23(22(28)12-16)35-14-18-5-3-2-4-17(18)13-29/h2-12H,14H2,1H3,(H,30,32,34)/b20-10+. The van der Waals surface area contributed by atoms with E-state index in [1.54, 1.807) is 48.5 Å². The van der Waals surface area contributed by atoms with Gasteiger partial charge in [0, 0.05) is 5.56 Å².